The van der Waals surface area contributed by atoms with Crippen LogP contribution in [0, 0.1) is 11.6 Å². The lowest BCUT2D eigenvalue weighted by Gasteiger charge is -2.13. The minimum atomic E-state index is -1.02. The lowest BCUT2D eigenvalue weighted by Crippen LogP contribution is -2.23. The Morgan fingerprint density at radius 2 is 1.96 bits per heavy atom. The number of allylic oxidation sites excluding steroid dienone is 1. The van der Waals surface area contributed by atoms with Crippen molar-refractivity contribution in [1.29, 1.82) is 0 Å². The molecule has 0 aliphatic carbocycles. The second kappa shape index (κ2) is 8.79. The quantitative estimate of drug-likeness (QED) is 0.468. The van der Waals surface area contributed by atoms with Crippen LogP contribution in [0.5, 0.6) is 0 Å². The highest BCUT2D eigenvalue weighted by atomic mass is 32.2. The van der Waals surface area contributed by atoms with Crippen LogP contribution in [0.4, 0.5) is 14.5 Å². The molecule has 0 saturated carbocycles. The zero-order valence-corrected chi connectivity index (χ0v) is 15.9. The van der Waals surface area contributed by atoms with Gasteiger partial charge in [0, 0.05) is 23.9 Å². The van der Waals surface area contributed by atoms with Gasteiger partial charge in [0.25, 0.3) is 0 Å². The molecule has 3 rings (SSSR count). The molecular weight excluding hydrogens is 382 g/mol. The van der Waals surface area contributed by atoms with Crippen molar-refractivity contribution in [2.45, 2.75) is 23.9 Å². The summed E-state index contributed by atoms with van der Waals surface area (Å²) in [4.78, 5) is 12.4. The molecule has 3 aromatic rings. The summed E-state index contributed by atoms with van der Waals surface area (Å²) in [5, 5.41) is 11.0. The second-order valence-corrected chi connectivity index (χ2v) is 7.26. The first kappa shape index (κ1) is 19.8. The first-order valence-corrected chi connectivity index (χ1v) is 9.39. The predicted octanol–water partition coefficient (Wildman–Crippen LogP) is 4.53. The van der Waals surface area contributed by atoms with Crippen LogP contribution in [0.1, 0.15) is 6.92 Å². The smallest absolute Gasteiger partial charge is 0.237 e. The normalized spacial score (nSPS) is 11.8. The lowest BCUT2D eigenvalue weighted by molar-refractivity contribution is -0.115. The Labute approximate surface area is 165 Å². The number of amides is 1. The van der Waals surface area contributed by atoms with Gasteiger partial charge in [-0.2, -0.15) is 0 Å². The fourth-order valence-corrected chi connectivity index (χ4v) is 3.36. The summed E-state index contributed by atoms with van der Waals surface area (Å²) in [5.74, 6) is -1.66. The van der Waals surface area contributed by atoms with Crippen molar-refractivity contribution in [3.63, 3.8) is 0 Å². The Kier molecular flexibility index (Phi) is 6.20. The Morgan fingerprint density at radius 1 is 1.21 bits per heavy atom. The monoisotopic (exact) mass is 400 g/mol. The predicted molar refractivity (Wildman–Crippen MR) is 106 cm³/mol. The van der Waals surface area contributed by atoms with Gasteiger partial charge in [-0.1, -0.05) is 48.2 Å². The fourth-order valence-electron chi connectivity index (χ4n) is 2.50. The van der Waals surface area contributed by atoms with Gasteiger partial charge in [0.05, 0.1) is 5.25 Å². The minimum Gasteiger partial charge on any atom is -0.325 e. The fraction of sp³-hybridized carbons (Fsp3) is 0.150. The number of nitrogens with zero attached hydrogens (tertiary/aromatic N) is 3. The Morgan fingerprint density at radius 3 is 2.64 bits per heavy atom. The summed E-state index contributed by atoms with van der Waals surface area (Å²) in [6.07, 6.45) is 1.73. The van der Waals surface area contributed by atoms with Gasteiger partial charge in [0.15, 0.2) is 22.6 Å². The molecule has 0 aliphatic rings. The average Bonchev–Trinajstić information content (AvgIpc) is 3.08. The number of anilines is 1. The van der Waals surface area contributed by atoms with Crippen LogP contribution in [0.15, 0.2) is 66.3 Å². The highest BCUT2D eigenvalue weighted by Crippen LogP contribution is 2.27. The molecule has 0 fully saturated rings. The summed E-state index contributed by atoms with van der Waals surface area (Å²) in [6, 6.07) is 12.8. The van der Waals surface area contributed by atoms with E-state index in [4.69, 9.17) is 0 Å². The van der Waals surface area contributed by atoms with Crippen molar-refractivity contribution >= 4 is 23.4 Å². The third kappa shape index (κ3) is 4.45. The third-order valence-electron chi connectivity index (χ3n) is 3.90. The van der Waals surface area contributed by atoms with E-state index in [-0.39, 0.29) is 11.6 Å². The molecule has 0 radical (unpaired) electrons. The minimum absolute atomic E-state index is 0.189. The molecule has 2 aromatic carbocycles. The van der Waals surface area contributed by atoms with Crippen molar-refractivity contribution in [2.75, 3.05) is 5.32 Å². The van der Waals surface area contributed by atoms with Gasteiger partial charge >= 0.3 is 0 Å². The maximum absolute atomic E-state index is 13.3. The molecule has 28 heavy (non-hydrogen) atoms. The Bertz CT molecular complexity index is 991. The molecule has 1 aromatic heterocycles. The van der Waals surface area contributed by atoms with Crippen LogP contribution >= 0.6 is 11.8 Å². The van der Waals surface area contributed by atoms with E-state index in [2.05, 4.69) is 22.1 Å². The number of hydrogen-bond donors (Lipinski definition) is 1. The summed E-state index contributed by atoms with van der Waals surface area (Å²) < 4.78 is 28.2. The van der Waals surface area contributed by atoms with E-state index in [1.54, 1.807) is 13.0 Å². The molecule has 1 heterocycles. The van der Waals surface area contributed by atoms with Crippen molar-refractivity contribution in [2.24, 2.45) is 0 Å². The van der Waals surface area contributed by atoms with Gasteiger partial charge in [0.2, 0.25) is 5.91 Å². The van der Waals surface area contributed by atoms with Crippen molar-refractivity contribution in [3.05, 3.63) is 72.8 Å². The van der Waals surface area contributed by atoms with Crippen LogP contribution in [0.3, 0.4) is 0 Å². The van der Waals surface area contributed by atoms with Gasteiger partial charge < -0.3 is 5.32 Å². The van der Waals surface area contributed by atoms with Crippen molar-refractivity contribution in [1.82, 2.24) is 14.8 Å². The number of aromatic nitrogens is 3. The number of carbonyl (C=O) groups excluding carboxylic acids is 1. The number of halogens is 2. The van der Waals surface area contributed by atoms with Crippen LogP contribution in [-0.2, 0) is 11.3 Å². The van der Waals surface area contributed by atoms with Crippen LogP contribution in [-0.4, -0.2) is 25.9 Å². The van der Waals surface area contributed by atoms with Gasteiger partial charge in [-0.05, 0) is 19.1 Å². The summed E-state index contributed by atoms with van der Waals surface area (Å²) >= 11 is 1.22. The molecule has 0 aliphatic heterocycles. The highest BCUT2D eigenvalue weighted by molar-refractivity contribution is 8.00. The molecule has 8 heteroatoms. The third-order valence-corrected chi connectivity index (χ3v) is 4.98. The SMILES string of the molecule is C=CCn1c(SC(C)C(=O)Nc2ccc(F)c(F)c2)nnc1-c1ccccc1. The summed E-state index contributed by atoms with van der Waals surface area (Å²) in [7, 11) is 0. The van der Waals surface area contributed by atoms with Crippen LogP contribution in [0.25, 0.3) is 11.4 Å². The van der Waals surface area contributed by atoms with Gasteiger partial charge in [-0.3, -0.25) is 9.36 Å². The van der Waals surface area contributed by atoms with Crippen LogP contribution < -0.4 is 5.32 Å². The standard InChI is InChI=1S/C20H18F2N4OS/c1-3-11-26-18(14-7-5-4-6-8-14)24-25-20(26)28-13(2)19(27)23-15-9-10-16(21)17(22)12-15/h3-10,12-13H,1,11H2,2H3,(H,23,27). The molecule has 1 amide bonds. The maximum atomic E-state index is 13.3. The molecule has 5 nitrogen and oxygen atoms in total. The van der Waals surface area contributed by atoms with Gasteiger partial charge in [-0.25, -0.2) is 8.78 Å². The lowest BCUT2D eigenvalue weighted by atomic mass is 10.2. The molecule has 1 N–H and O–H groups in total. The number of benzene rings is 2. The van der Waals surface area contributed by atoms with E-state index in [0.717, 1.165) is 17.7 Å². The van der Waals surface area contributed by atoms with Crippen molar-refractivity contribution < 1.29 is 13.6 Å². The second-order valence-electron chi connectivity index (χ2n) is 5.95. The highest BCUT2D eigenvalue weighted by Gasteiger charge is 2.21. The van der Waals surface area contributed by atoms with E-state index in [1.807, 2.05) is 34.9 Å². The molecule has 1 unspecified atom stereocenters. The van der Waals surface area contributed by atoms with E-state index < -0.39 is 16.9 Å². The first-order valence-electron chi connectivity index (χ1n) is 8.51. The largest absolute Gasteiger partial charge is 0.325 e. The zero-order valence-electron chi connectivity index (χ0n) is 15.1. The number of thioether (sulfide) groups is 1. The number of rotatable bonds is 7. The topological polar surface area (TPSA) is 59.8 Å². The van der Waals surface area contributed by atoms with E-state index in [0.29, 0.717) is 17.5 Å². The first-order chi connectivity index (χ1) is 13.5. The molecule has 0 bridgehead atoms. The number of hydrogen-bond acceptors (Lipinski definition) is 4. The summed E-state index contributed by atoms with van der Waals surface area (Å²) in [5.41, 5.74) is 1.09. The van der Waals surface area contributed by atoms with Gasteiger partial charge in [-0.15, -0.1) is 16.8 Å². The molecule has 0 saturated heterocycles. The average molecular weight is 400 g/mol. The maximum Gasteiger partial charge on any atom is 0.237 e. The molecule has 0 spiro atoms. The van der Waals surface area contributed by atoms with E-state index in [1.165, 1.54) is 17.8 Å². The van der Waals surface area contributed by atoms with Crippen LogP contribution in [0.2, 0.25) is 0 Å². The Hall–Kier alpha value is -3.00. The summed E-state index contributed by atoms with van der Waals surface area (Å²) in [6.45, 7) is 5.95. The molecule has 144 valence electrons. The van der Waals surface area contributed by atoms with Crippen molar-refractivity contribution in [3.8, 4) is 11.4 Å². The van der Waals surface area contributed by atoms with Gasteiger partial charge in [0.1, 0.15) is 0 Å². The Balaban J connectivity index is 1.76. The molecular formula is C20H18F2N4OS. The zero-order chi connectivity index (χ0) is 20.1. The molecule has 1 atom stereocenters. The number of nitrogens with one attached hydrogen (secondary N) is 1. The number of carbonyl (C=O) groups is 1. The van der Waals surface area contributed by atoms with E-state index in [9.17, 15) is 13.6 Å². The van der Waals surface area contributed by atoms with E-state index >= 15 is 0 Å².